The Kier molecular flexibility index (Phi) is 5.49. The van der Waals surface area contributed by atoms with Gasteiger partial charge in [0, 0.05) is 34.5 Å². The van der Waals surface area contributed by atoms with Crippen LogP contribution in [0, 0.1) is 5.92 Å². The first-order valence-electron chi connectivity index (χ1n) is 9.47. The van der Waals surface area contributed by atoms with Crippen molar-refractivity contribution in [2.45, 2.75) is 31.0 Å². The van der Waals surface area contributed by atoms with Crippen LogP contribution in [0.25, 0.3) is 6.08 Å². The van der Waals surface area contributed by atoms with Gasteiger partial charge < -0.3 is 10.1 Å². The molecule has 1 fully saturated rings. The molecule has 4 rings (SSSR count). The normalized spacial score (nSPS) is 20.8. The Morgan fingerprint density at radius 2 is 1.87 bits per heavy atom. The zero-order valence-corrected chi connectivity index (χ0v) is 17.2. The van der Waals surface area contributed by atoms with Crippen molar-refractivity contribution in [1.82, 2.24) is 5.32 Å². The topological polar surface area (TPSA) is 38.3 Å². The summed E-state index contributed by atoms with van der Waals surface area (Å²) in [5.41, 5.74) is -1.53. The molecule has 1 N–H and O–H groups in total. The molecule has 3 nitrogen and oxygen atoms in total. The highest BCUT2D eigenvalue weighted by Crippen LogP contribution is 2.51. The minimum Gasteiger partial charge on any atom is -0.472 e. The number of carbonyl (C=O) groups excluding carboxylic acids is 1. The van der Waals surface area contributed by atoms with E-state index in [1.165, 1.54) is 24.3 Å². The van der Waals surface area contributed by atoms with E-state index >= 15 is 0 Å². The number of nitrogens with one attached hydrogen (secondary N) is 1. The van der Waals surface area contributed by atoms with Gasteiger partial charge in [-0.15, -0.1) is 0 Å². The van der Waals surface area contributed by atoms with Crippen LogP contribution >= 0.6 is 23.2 Å². The van der Waals surface area contributed by atoms with Crippen LogP contribution in [0.5, 0.6) is 5.75 Å². The average molecular weight is 456 g/mol. The molecule has 1 atom stereocenters. The number of carbonyl (C=O) groups is 1. The zero-order chi connectivity index (χ0) is 21.5. The van der Waals surface area contributed by atoms with E-state index in [9.17, 15) is 18.0 Å². The first-order chi connectivity index (χ1) is 14.2. The van der Waals surface area contributed by atoms with E-state index < -0.39 is 11.8 Å². The standard InChI is InChI=1S/C22H18Cl2F3NO2/c23-17-9-16(10-18(24)11-17)21(22(25,26)27)12-15-8-13(3-6-19(15)30-21)2-1-7-28-20(29)14-4-5-14/h1-3,6,8-11,14H,4-5,7,12H2,(H,28,29)/b2-1-. The van der Waals surface area contributed by atoms with Gasteiger partial charge in [0.15, 0.2) is 0 Å². The minimum absolute atomic E-state index is 0.0390. The van der Waals surface area contributed by atoms with Gasteiger partial charge in [-0.3, -0.25) is 4.79 Å². The van der Waals surface area contributed by atoms with Crippen LogP contribution in [0.4, 0.5) is 13.2 Å². The SMILES string of the molecule is O=C(NC/C=C\c1ccc2c(c1)CC(c1cc(Cl)cc(Cl)c1)(C(F)(F)F)O2)C1CC1. The Morgan fingerprint density at radius 3 is 2.50 bits per heavy atom. The van der Waals surface area contributed by atoms with Gasteiger partial charge in [-0.1, -0.05) is 41.4 Å². The summed E-state index contributed by atoms with van der Waals surface area (Å²) in [6.45, 7) is 0.371. The van der Waals surface area contributed by atoms with Crippen LogP contribution < -0.4 is 10.1 Å². The lowest BCUT2D eigenvalue weighted by molar-refractivity contribution is -0.248. The number of benzene rings is 2. The van der Waals surface area contributed by atoms with Crippen LogP contribution in [-0.2, 0) is 16.8 Å². The number of hydrogen-bond acceptors (Lipinski definition) is 2. The third-order valence-electron chi connectivity index (χ3n) is 5.25. The molecule has 8 heteroatoms. The fourth-order valence-corrected chi connectivity index (χ4v) is 4.07. The third kappa shape index (κ3) is 4.16. The van der Waals surface area contributed by atoms with Gasteiger partial charge in [-0.2, -0.15) is 13.2 Å². The molecule has 1 aliphatic carbocycles. The van der Waals surface area contributed by atoms with Crippen LogP contribution in [-0.4, -0.2) is 18.6 Å². The summed E-state index contributed by atoms with van der Waals surface area (Å²) in [5.74, 6) is 0.339. The van der Waals surface area contributed by atoms with Crippen LogP contribution in [0.3, 0.4) is 0 Å². The smallest absolute Gasteiger partial charge is 0.432 e. The summed E-state index contributed by atoms with van der Waals surface area (Å²) >= 11 is 11.9. The van der Waals surface area contributed by atoms with Gasteiger partial charge in [-0.05, 0) is 54.3 Å². The lowest BCUT2D eigenvalue weighted by atomic mass is 9.88. The number of fused-ring (bicyclic) bond motifs is 1. The summed E-state index contributed by atoms with van der Waals surface area (Å²) in [6, 6.07) is 8.71. The van der Waals surface area contributed by atoms with Crippen LogP contribution in [0.15, 0.2) is 42.5 Å². The van der Waals surface area contributed by atoms with E-state index in [0.29, 0.717) is 12.1 Å². The molecule has 1 aliphatic heterocycles. The zero-order valence-electron chi connectivity index (χ0n) is 15.7. The van der Waals surface area contributed by atoms with Crippen molar-refractivity contribution in [3.63, 3.8) is 0 Å². The maximum absolute atomic E-state index is 14.2. The summed E-state index contributed by atoms with van der Waals surface area (Å²) in [6.07, 6.45) is 0.326. The van der Waals surface area contributed by atoms with E-state index in [0.717, 1.165) is 18.4 Å². The van der Waals surface area contributed by atoms with Crippen molar-refractivity contribution < 1.29 is 22.7 Å². The number of rotatable bonds is 5. The minimum atomic E-state index is -4.68. The molecule has 0 bridgehead atoms. The summed E-state index contributed by atoms with van der Waals surface area (Å²) in [4.78, 5) is 11.6. The maximum Gasteiger partial charge on any atom is 0.432 e. The third-order valence-corrected chi connectivity index (χ3v) is 5.68. The largest absolute Gasteiger partial charge is 0.472 e. The summed E-state index contributed by atoms with van der Waals surface area (Å²) in [5, 5.41) is 3.03. The van der Waals surface area contributed by atoms with Crippen molar-refractivity contribution in [2.24, 2.45) is 5.92 Å². The van der Waals surface area contributed by atoms with Gasteiger partial charge in [-0.25, -0.2) is 0 Å². The summed E-state index contributed by atoms with van der Waals surface area (Å²) in [7, 11) is 0. The lowest BCUT2D eigenvalue weighted by Crippen LogP contribution is -2.46. The predicted octanol–water partition coefficient (Wildman–Crippen LogP) is 5.93. The Hall–Kier alpha value is -2.18. The summed E-state index contributed by atoms with van der Waals surface area (Å²) < 4.78 is 48.0. The molecule has 30 heavy (non-hydrogen) atoms. The first-order valence-corrected chi connectivity index (χ1v) is 10.2. The second-order valence-corrected chi connectivity index (χ2v) is 8.42. The van der Waals surface area contributed by atoms with E-state index in [1.54, 1.807) is 24.3 Å². The van der Waals surface area contributed by atoms with Gasteiger partial charge in [0.25, 0.3) is 0 Å². The molecule has 158 valence electrons. The molecular weight excluding hydrogens is 438 g/mol. The molecule has 0 spiro atoms. The number of halogens is 5. The first kappa shape index (κ1) is 21.1. The van der Waals surface area contributed by atoms with Crippen molar-refractivity contribution in [3.8, 4) is 5.75 Å². The van der Waals surface area contributed by atoms with Gasteiger partial charge in [0.1, 0.15) is 5.75 Å². The predicted molar refractivity (Wildman–Crippen MR) is 110 cm³/mol. The van der Waals surface area contributed by atoms with Crippen molar-refractivity contribution in [1.29, 1.82) is 0 Å². The number of ether oxygens (including phenoxy) is 1. The highest BCUT2D eigenvalue weighted by molar-refractivity contribution is 6.34. The molecule has 0 aromatic heterocycles. The molecule has 0 radical (unpaired) electrons. The quantitative estimate of drug-likeness (QED) is 0.606. The van der Waals surface area contributed by atoms with Gasteiger partial charge in [0.05, 0.1) is 0 Å². The molecule has 2 aliphatic rings. The average Bonchev–Trinajstić information content (AvgIpc) is 3.43. The Bertz CT molecular complexity index is 998. The number of hydrogen-bond donors (Lipinski definition) is 1. The van der Waals surface area contributed by atoms with Gasteiger partial charge >= 0.3 is 6.18 Å². The molecule has 1 amide bonds. The molecule has 2 aromatic carbocycles. The van der Waals surface area contributed by atoms with Crippen molar-refractivity contribution in [3.05, 3.63) is 69.2 Å². The van der Waals surface area contributed by atoms with Crippen LogP contribution in [0.1, 0.15) is 29.5 Å². The van der Waals surface area contributed by atoms with E-state index in [4.69, 9.17) is 27.9 Å². The number of alkyl halides is 3. The van der Waals surface area contributed by atoms with Crippen molar-refractivity contribution in [2.75, 3.05) is 6.54 Å². The monoisotopic (exact) mass is 455 g/mol. The number of amides is 1. The fourth-order valence-electron chi connectivity index (χ4n) is 3.55. The highest BCUT2D eigenvalue weighted by Gasteiger charge is 2.61. The second kappa shape index (κ2) is 7.82. The van der Waals surface area contributed by atoms with E-state index in [1.807, 2.05) is 0 Å². The fraction of sp³-hybridized carbons (Fsp3) is 0.318. The van der Waals surface area contributed by atoms with Crippen LogP contribution in [0.2, 0.25) is 10.0 Å². The Balaban J connectivity index is 1.56. The molecule has 2 aromatic rings. The molecule has 1 heterocycles. The molecule has 1 unspecified atom stereocenters. The second-order valence-electron chi connectivity index (χ2n) is 7.55. The van der Waals surface area contributed by atoms with E-state index in [2.05, 4.69) is 5.32 Å². The maximum atomic E-state index is 14.2. The lowest BCUT2D eigenvalue weighted by Gasteiger charge is -2.31. The van der Waals surface area contributed by atoms with Crippen molar-refractivity contribution >= 4 is 35.2 Å². The Labute approximate surface area is 181 Å². The van der Waals surface area contributed by atoms with E-state index in [-0.39, 0.29) is 39.6 Å². The van der Waals surface area contributed by atoms with Gasteiger partial charge in [0.2, 0.25) is 11.5 Å². The molecule has 0 saturated heterocycles. The molecular formula is C22H18Cl2F3NO2. The molecule has 1 saturated carbocycles. The highest BCUT2D eigenvalue weighted by atomic mass is 35.5. The Morgan fingerprint density at radius 1 is 1.17 bits per heavy atom.